The van der Waals surface area contributed by atoms with Crippen molar-refractivity contribution in [2.75, 3.05) is 26.2 Å². The highest BCUT2D eigenvalue weighted by molar-refractivity contribution is 6.30. The monoisotopic (exact) mass is 348 g/mol. The highest BCUT2D eigenvalue weighted by Crippen LogP contribution is 2.30. The zero-order valence-electron chi connectivity index (χ0n) is 13.4. The molecule has 1 aromatic carbocycles. The van der Waals surface area contributed by atoms with E-state index in [4.69, 9.17) is 21.1 Å². The Morgan fingerprint density at radius 1 is 1.21 bits per heavy atom. The van der Waals surface area contributed by atoms with E-state index >= 15 is 0 Å². The van der Waals surface area contributed by atoms with E-state index in [9.17, 15) is 0 Å². The third-order valence-corrected chi connectivity index (χ3v) is 5.01. The van der Waals surface area contributed by atoms with Gasteiger partial charge in [-0.2, -0.15) is 5.10 Å². The van der Waals surface area contributed by atoms with Crippen molar-refractivity contribution in [3.05, 3.63) is 47.0 Å². The quantitative estimate of drug-likeness (QED) is 0.920. The Labute approximate surface area is 146 Å². The fourth-order valence-corrected chi connectivity index (χ4v) is 3.55. The number of piperidine rings is 1. The summed E-state index contributed by atoms with van der Waals surface area (Å²) in [5.74, 6) is 1.50. The SMILES string of the molecule is Clc1ccc(C2OCC(CN3CCC(c4ncn[nH]4)CC3)O2)cc1. The first-order valence-electron chi connectivity index (χ1n) is 8.38. The Morgan fingerprint density at radius 2 is 2.00 bits per heavy atom. The first-order valence-corrected chi connectivity index (χ1v) is 8.76. The van der Waals surface area contributed by atoms with Crippen molar-refractivity contribution in [2.45, 2.75) is 31.2 Å². The number of likely N-dealkylation sites (tertiary alicyclic amines) is 1. The van der Waals surface area contributed by atoms with E-state index in [0.717, 1.165) is 48.9 Å². The molecule has 0 bridgehead atoms. The van der Waals surface area contributed by atoms with Crippen LogP contribution in [0.4, 0.5) is 0 Å². The standard InChI is InChI=1S/C17H21ClN4O2/c18-14-3-1-13(2-4-14)17-23-10-15(24-17)9-22-7-5-12(6-8-22)16-19-11-20-21-16/h1-4,11-12,15,17H,5-10H2,(H,19,20,21). The van der Waals surface area contributed by atoms with Gasteiger partial charge in [-0.25, -0.2) is 4.98 Å². The van der Waals surface area contributed by atoms with E-state index < -0.39 is 0 Å². The number of hydrogen-bond donors (Lipinski definition) is 1. The summed E-state index contributed by atoms with van der Waals surface area (Å²) >= 11 is 5.93. The molecule has 2 fully saturated rings. The fourth-order valence-electron chi connectivity index (χ4n) is 3.43. The van der Waals surface area contributed by atoms with Crippen molar-refractivity contribution in [3.63, 3.8) is 0 Å². The van der Waals surface area contributed by atoms with E-state index in [1.807, 2.05) is 24.3 Å². The zero-order chi connectivity index (χ0) is 16.4. The molecule has 1 N–H and O–H groups in total. The van der Waals surface area contributed by atoms with Crippen LogP contribution in [0.5, 0.6) is 0 Å². The molecule has 6 nitrogen and oxygen atoms in total. The van der Waals surface area contributed by atoms with E-state index in [1.165, 1.54) is 0 Å². The molecule has 7 heteroatoms. The smallest absolute Gasteiger partial charge is 0.184 e. The predicted octanol–water partition coefficient (Wildman–Crippen LogP) is 2.75. The number of nitrogens with zero attached hydrogens (tertiary/aromatic N) is 3. The number of halogens is 1. The molecule has 2 saturated heterocycles. The van der Waals surface area contributed by atoms with Crippen LogP contribution in [0.3, 0.4) is 0 Å². The second kappa shape index (κ2) is 7.19. The van der Waals surface area contributed by atoms with Crippen molar-refractivity contribution in [1.82, 2.24) is 20.1 Å². The minimum Gasteiger partial charge on any atom is -0.346 e. The minimum absolute atomic E-state index is 0.118. The van der Waals surface area contributed by atoms with Crippen LogP contribution in [0.1, 0.15) is 36.4 Å². The highest BCUT2D eigenvalue weighted by atomic mass is 35.5. The second-order valence-corrected chi connectivity index (χ2v) is 6.86. The van der Waals surface area contributed by atoms with Crippen molar-refractivity contribution in [1.29, 1.82) is 0 Å². The summed E-state index contributed by atoms with van der Waals surface area (Å²) in [6.45, 7) is 3.65. The van der Waals surface area contributed by atoms with Crippen LogP contribution in [-0.2, 0) is 9.47 Å². The molecule has 0 saturated carbocycles. The molecule has 0 spiro atoms. The van der Waals surface area contributed by atoms with E-state index in [0.29, 0.717) is 12.5 Å². The molecule has 0 amide bonds. The van der Waals surface area contributed by atoms with Crippen LogP contribution in [0.25, 0.3) is 0 Å². The van der Waals surface area contributed by atoms with Gasteiger partial charge >= 0.3 is 0 Å². The molecule has 2 aliphatic rings. The number of rotatable bonds is 4. The molecule has 24 heavy (non-hydrogen) atoms. The molecule has 0 radical (unpaired) electrons. The molecular weight excluding hydrogens is 328 g/mol. The van der Waals surface area contributed by atoms with Gasteiger partial charge in [-0.05, 0) is 38.1 Å². The number of nitrogens with one attached hydrogen (secondary N) is 1. The molecule has 3 heterocycles. The maximum Gasteiger partial charge on any atom is 0.184 e. The molecule has 1 aromatic heterocycles. The first kappa shape index (κ1) is 16.0. The highest BCUT2D eigenvalue weighted by Gasteiger charge is 2.30. The van der Waals surface area contributed by atoms with E-state index in [2.05, 4.69) is 20.1 Å². The lowest BCUT2D eigenvalue weighted by Gasteiger charge is -2.32. The summed E-state index contributed by atoms with van der Waals surface area (Å²) in [5, 5.41) is 7.66. The van der Waals surface area contributed by atoms with Gasteiger partial charge in [-0.1, -0.05) is 23.7 Å². The van der Waals surface area contributed by atoms with Gasteiger partial charge in [0.05, 0.1) is 12.7 Å². The average molecular weight is 349 g/mol. The minimum atomic E-state index is -0.279. The summed E-state index contributed by atoms with van der Waals surface area (Å²) in [5.41, 5.74) is 1.02. The molecule has 2 unspecified atom stereocenters. The average Bonchev–Trinajstić information content (AvgIpc) is 3.28. The van der Waals surface area contributed by atoms with Gasteiger partial charge in [0.15, 0.2) is 6.29 Å². The number of aromatic amines is 1. The number of benzene rings is 1. The molecule has 2 aromatic rings. The second-order valence-electron chi connectivity index (χ2n) is 6.42. The van der Waals surface area contributed by atoms with Crippen LogP contribution >= 0.6 is 11.6 Å². The Hall–Kier alpha value is -1.47. The van der Waals surface area contributed by atoms with Crippen LogP contribution in [0, 0.1) is 0 Å². The third-order valence-electron chi connectivity index (χ3n) is 4.76. The summed E-state index contributed by atoms with van der Waals surface area (Å²) in [4.78, 5) is 6.73. The maximum absolute atomic E-state index is 6.05. The summed E-state index contributed by atoms with van der Waals surface area (Å²) < 4.78 is 11.9. The molecule has 2 atom stereocenters. The topological polar surface area (TPSA) is 63.3 Å². The molecular formula is C17H21ClN4O2. The Morgan fingerprint density at radius 3 is 2.71 bits per heavy atom. The van der Waals surface area contributed by atoms with Crippen LogP contribution in [-0.4, -0.2) is 52.4 Å². The van der Waals surface area contributed by atoms with Gasteiger partial charge < -0.3 is 14.4 Å². The zero-order valence-corrected chi connectivity index (χ0v) is 14.2. The number of H-pyrrole nitrogens is 1. The molecule has 128 valence electrons. The Kier molecular flexibility index (Phi) is 4.80. The van der Waals surface area contributed by atoms with Gasteiger partial charge in [0, 0.05) is 23.0 Å². The number of ether oxygens (including phenoxy) is 2. The number of hydrogen-bond acceptors (Lipinski definition) is 5. The van der Waals surface area contributed by atoms with Gasteiger partial charge in [-0.15, -0.1) is 0 Å². The van der Waals surface area contributed by atoms with Gasteiger partial charge in [0.25, 0.3) is 0 Å². The van der Waals surface area contributed by atoms with Crippen molar-refractivity contribution < 1.29 is 9.47 Å². The van der Waals surface area contributed by atoms with E-state index in [-0.39, 0.29) is 12.4 Å². The van der Waals surface area contributed by atoms with E-state index in [1.54, 1.807) is 6.33 Å². The molecule has 0 aliphatic carbocycles. The number of aromatic nitrogens is 3. The van der Waals surface area contributed by atoms with Crippen LogP contribution < -0.4 is 0 Å². The summed E-state index contributed by atoms with van der Waals surface area (Å²) in [6.07, 6.45) is 3.63. The van der Waals surface area contributed by atoms with Gasteiger partial charge in [0.2, 0.25) is 0 Å². The molecule has 2 aliphatic heterocycles. The lowest BCUT2D eigenvalue weighted by Crippen LogP contribution is -2.39. The Bertz CT molecular complexity index is 641. The Balaban J connectivity index is 1.26. The first-order chi connectivity index (χ1) is 11.8. The van der Waals surface area contributed by atoms with Gasteiger partial charge in [0.1, 0.15) is 12.2 Å². The lowest BCUT2D eigenvalue weighted by molar-refractivity contribution is -0.0650. The predicted molar refractivity (Wildman–Crippen MR) is 89.8 cm³/mol. The van der Waals surface area contributed by atoms with Crippen molar-refractivity contribution >= 4 is 11.6 Å². The van der Waals surface area contributed by atoms with Crippen molar-refractivity contribution in [2.24, 2.45) is 0 Å². The fraction of sp³-hybridized carbons (Fsp3) is 0.529. The largest absolute Gasteiger partial charge is 0.346 e. The normalized spacial score (nSPS) is 26.0. The molecule has 4 rings (SSSR count). The third kappa shape index (κ3) is 3.62. The summed E-state index contributed by atoms with van der Waals surface area (Å²) in [6, 6.07) is 7.65. The van der Waals surface area contributed by atoms with Crippen LogP contribution in [0.15, 0.2) is 30.6 Å². The lowest BCUT2D eigenvalue weighted by atomic mass is 9.96. The summed E-state index contributed by atoms with van der Waals surface area (Å²) in [7, 11) is 0. The van der Waals surface area contributed by atoms with Crippen molar-refractivity contribution in [3.8, 4) is 0 Å². The van der Waals surface area contributed by atoms with Gasteiger partial charge in [-0.3, -0.25) is 5.10 Å². The maximum atomic E-state index is 6.05. The van der Waals surface area contributed by atoms with Crippen LogP contribution in [0.2, 0.25) is 5.02 Å².